The molecule has 0 aromatic carbocycles. The van der Waals surface area contributed by atoms with Crippen molar-refractivity contribution in [2.75, 3.05) is 19.3 Å². The van der Waals surface area contributed by atoms with Crippen molar-refractivity contribution in [3.8, 4) is 0 Å². The highest BCUT2D eigenvalue weighted by atomic mass is 32.2. The third kappa shape index (κ3) is 4.34. The lowest BCUT2D eigenvalue weighted by molar-refractivity contribution is 0.175. The number of urea groups is 1. The van der Waals surface area contributed by atoms with Gasteiger partial charge in [0.1, 0.15) is 0 Å². The number of carbonyl (C=O) groups is 1. The van der Waals surface area contributed by atoms with Crippen LogP contribution in [0.2, 0.25) is 0 Å². The predicted octanol–water partition coefficient (Wildman–Crippen LogP) is 2.42. The fraction of sp³-hybridized carbons (Fsp3) is 0.750. The topological polar surface area (TPSA) is 78.1 Å². The first-order valence-electron chi connectivity index (χ1n) is 8.30. The van der Waals surface area contributed by atoms with E-state index >= 15 is 0 Å². The maximum atomic E-state index is 12.7. The highest BCUT2D eigenvalue weighted by Crippen LogP contribution is 2.33. The van der Waals surface area contributed by atoms with Crippen molar-refractivity contribution in [3.63, 3.8) is 0 Å². The summed E-state index contributed by atoms with van der Waals surface area (Å²) in [7, 11) is -0.929. The molecule has 130 valence electrons. The molecule has 0 radical (unpaired) electrons. The van der Waals surface area contributed by atoms with Gasteiger partial charge in [-0.3, -0.25) is 9.31 Å². The summed E-state index contributed by atoms with van der Waals surface area (Å²) < 4.78 is 11.5. The van der Waals surface area contributed by atoms with Gasteiger partial charge in [0.15, 0.2) is 0 Å². The van der Waals surface area contributed by atoms with E-state index in [1.54, 1.807) is 6.26 Å². The van der Waals surface area contributed by atoms with Crippen LogP contribution < -0.4 is 5.32 Å². The van der Waals surface area contributed by atoms with E-state index in [0.717, 1.165) is 49.2 Å². The maximum absolute atomic E-state index is 12.7. The van der Waals surface area contributed by atoms with Gasteiger partial charge in [0.25, 0.3) is 0 Å². The molecule has 1 aliphatic heterocycles. The van der Waals surface area contributed by atoms with E-state index in [1.165, 1.54) is 0 Å². The van der Waals surface area contributed by atoms with Crippen molar-refractivity contribution in [2.24, 2.45) is 0 Å². The molecule has 6 nitrogen and oxygen atoms in total. The van der Waals surface area contributed by atoms with Gasteiger partial charge in [-0.15, -0.1) is 0 Å². The molecule has 0 bridgehead atoms. The number of rotatable bonds is 4. The summed E-state index contributed by atoms with van der Waals surface area (Å²) in [4.78, 5) is 14.6. The van der Waals surface area contributed by atoms with Crippen LogP contribution in [0.4, 0.5) is 4.79 Å². The second-order valence-electron chi connectivity index (χ2n) is 6.40. The highest BCUT2D eigenvalue weighted by Gasteiger charge is 2.30. The molecule has 0 spiro atoms. The van der Waals surface area contributed by atoms with Gasteiger partial charge in [-0.25, -0.2) is 4.79 Å². The van der Waals surface area contributed by atoms with Gasteiger partial charge >= 0.3 is 6.03 Å². The van der Waals surface area contributed by atoms with E-state index < -0.39 is 10.8 Å². The molecular weight excluding hydrogens is 312 g/mol. The molecule has 0 aliphatic carbocycles. The Morgan fingerprint density at radius 1 is 1.43 bits per heavy atom. The van der Waals surface area contributed by atoms with Crippen LogP contribution in [0.25, 0.3) is 0 Å². The van der Waals surface area contributed by atoms with Gasteiger partial charge in [-0.1, -0.05) is 12.8 Å². The van der Waals surface area contributed by atoms with Crippen molar-refractivity contribution >= 4 is 16.8 Å². The second-order valence-corrected chi connectivity index (χ2v) is 8.20. The van der Waals surface area contributed by atoms with E-state index in [0.29, 0.717) is 6.54 Å². The van der Waals surface area contributed by atoms with Crippen LogP contribution in [0, 0.1) is 13.8 Å². The Hall–Kier alpha value is -1.37. The Morgan fingerprint density at radius 2 is 2.17 bits per heavy atom. The number of amides is 2. The minimum absolute atomic E-state index is 0.0400. The van der Waals surface area contributed by atoms with Gasteiger partial charge in [0, 0.05) is 46.7 Å². The van der Waals surface area contributed by atoms with Crippen LogP contribution in [0.3, 0.4) is 0 Å². The van der Waals surface area contributed by atoms with E-state index in [4.69, 9.17) is 0 Å². The SMILES string of the molecule is Cc1n[nH]c(C)c1[C@@H]1CCCCCN1C(=O)NC[C@H](C)[S@](C)=O. The molecule has 0 unspecified atom stereocenters. The lowest BCUT2D eigenvalue weighted by atomic mass is 9.99. The fourth-order valence-corrected chi connectivity index (χ4v) is 3.47. The molecule has 0 saturated carbocycles. The molecule has 2 amide bonds. The molecule has 1 aromatic rings. The zero-order chi connectivity index (χ0) is 17.0. The standard InChI is InChI=1S/C16H28N4O2S/c1-11(23(4)22)10-17-16(21)20-9-7-5-6-8-14(20)15-12(2)18-19-13(15)3/h11,14H,5-10H2,1-4H3,(H,17,21)(H,18,19)/t11-,14-,23-/m0/s1. The quantitative estimate of drug-likeness (QED) is 0.883. The molecule has 1 fully saturated rings. The number of carbonyl (C=O) groups excluding carboxylic acids is 1. The van der Waals surface area contributed by atoms with Gasteiger partial charge in [-0.2, -0.15) is 5.10 Å². The number of hydrogen-bond acceptors (Lipinski definition) is 3. The summed E-state index contributed by atoms with van der Waals surface area (Å²) in [5, 5.41) is 10.2. The average molecular weight is 340 g/mol. The first-order valence-corrected chi connectivity index (χ1v) is 9.92. The summed E-state index contributed by atoms with van der Waals surface area (Å²) in [6.07, 6.45) is 5.92. The van der Waals surface area contributed by atoms with E-state index in [2.05, 4.69) is 15.5 Å². The molecule has 2 heterocycles. The number of nitrogens with one attached hydrogen (secondary N) is 2. The molecule has 7 heteroatoms. The molecule has 2 rings (SSSR count). The van der Waals surface area contributed by atoms with Crippen LogP contribution in [-0.2, 0) is 10.8 Å². The Bertz CT molecular complexity index is 553. The molecule has 2 N–H and O–H groups in total. The monoisotopic (exact) mass is 340 g/mol. The zero-order valence-electron chi connectivity index (χ0n) is 14.5. The Balaban J connectivity index is 2.15. The van der Waals surface area contributed by atoms with Gasteiger partial charge in [0.05, 0.1) is 11.7 Å². The van der Waals surface area contributed by atoms with E-state index in [9.17, 15) is 9.00 Å². The summed E-state index contributed by atoms with van der Waals surface area (Å²) in [5.74, 6) is 0. The highest BCUT2D eigenvalue weighted by molar-refractivity contribution is 7.84. The number of H-pyrrole nitrogens is 1. The van der Waals surface area contributed by atoms with Crippen LogP contribution in [0.5, 0.6) is 0 Å². The van der Waals surface area contributed by atoms with Crippen molar-refractivity contribution in [1.29, 1.82) is 0 Å². The Kier molecular flexibility index (Phi) is 6.21. The molecule has 23 heavy (non-hydrogen) atoms. The lowest BCUT2D eigenvalue weighted by Crippen LogP contribution is -2.45. The number of aromatic nitrogens is 2. The number of hydrogen-bond donors (Lipinski definition) is 2. The number of aromatic amines is 1. The van der Waals surface area contributed by atoms with E-state index in [-0.39, 0.29) is 17.3 Å². The third-order valence-electron chi connectivity index (χ3n) is 4.64. The summed E-state index contributed by atoms with van der Waals surface area (Å²) >= 11 is 0. The van der Waals surface area contributed by atoms with Crippen molar-refractivity contribution in [2.45, 2.75) is 57.7 Å². The summed E-state index contributed by atoms with van der Waals surface area (Å²) in [6, 6.07) is 0.00730. The first kappa shape index (κ1) is 18.0. The molecule has 3 atom stereocenters. The van der Waals surface area contributed by atoms with Crippen LogP contribution in [0.1, 0.15) is 55.6 Å². The number of nitrogens with zero attached hydrogens (tertiary/aromatic N) is 2. The molecular formula is C16H28N4O2S. The maximum Gasteiger partial charge on any atom is 0.317 e. The largest absolute Gasteiger partial charge is 0.337 e. The van der Waals surface area contributed by atoms with Crippen LogP contribution >= 0.6 is 0 Å². The summed E-state index contributed by atoms with van der Waals surface area (Å²) in [5.41, 5.74) is 3.15. The Labute approximate surface area is 140 Å². The smallest absolute Gasteiger partial charge is 0.317 e. The second kappa shape index (κ2) is 7.95. The number of aryl methyl sites for hydroxylation is 2. The first-order chi connectivity index (χ1) is 10.9. The normalized spacial score (nSPS) is 21.6. The van der Waals surface area contributed by atoms with Crippen molar-refractivity contribution < 1.29 is 9.00 Å². The van der Waals surface area contributed by atoms with Gasteiger partial charge < -0.3 is 10.2 Å². The van der Waals surface area contributed by atoms with Crippen molar-refractivity contribution in [1.82, 2.24) is 20.4 Å². The minimum atomic E-state index is -0.929. The minimum Gasteiger partial charge on any atom is -0.337 e. The lowest BCUT2D eigenvalue weighted by Gasteiger charge is -2.31. The predicted molar refractivity (Wildman–Crippen MR) is 92.9 cm³/mol. The van der Waals surface area contributed by atoms with Crippen LogP contribution in [-0.4, -0.2) is 49.9 Å². The molecule has 1 saturated heterocycles. The van der Waals surface area contributed by atoms with E-state index in [1.807, 2.05) is 25.7 Å². The zero-order valence-corrected chi connectivity index (χ0v) is 15.3. The summed E-state index contributed by atoms with van der Waals surface area (Å²) in [6.45, 7) is 7.08. The van der Waals surface area contributed by atoms with Crippen molar-refractivity contribution in [3.05, 3.63) is 17.0 Å². The number of likely N-dealkylation sites (tertiary alicyclic amines) is 1. The van der Waals surface area contributed by atoms with Gasteiger partial charge in [0.2, 0.25) is 0 Å². The Morgan fingerprint density at radius 3 is 2.78 bits per heavy atom. The average Bonchev–Trinajstić information content (AvgIpc) is 2.72. The third-order valence-corrected chi connectivity index (χ3v) is 5.94. The van der Waals surface area contributed by atoms with Crippen LogP contribution in [0.15, 0.2) is 0 Å². The fourth-order valence-electron chi connectivity index (χ4n) is 3.15. The molecule has 1 aromatic heterocycles. The van der Waals surface area contributed by atoms with Gasteiger partial charge in [-0.05, 0) is 33.6 Å². The molecule has 1 aliphatic rings.